The van der Waals surface area contributed by atoms with E-state index in [2.05, 4.69) is 23.2 Å². The van der Waals surface area contributed by atoms with Gasteiger partial charge in [0.05, 0.1) is 16.8 Å². The van der Waals surface area contributed by atoms with Crippen LogP contribution >= 0.6 is 0 Å². The Labute approximate surface area is 117 Å². The molecule has 0 aliphatic rings. The maximum absolute atomic E-state index is 9.01. The second-order valence-electron chi connectivity index (χ2n) is 4.67. The highest BCUT2D eigenvalue weighted by molar-refractivity contribution is 5.94. The van der Waals surface area contributed by atoms with Crippen LogP contribution in [0.4, 0.5) is 5.69 Å². The number of benzene rings is 2. The molecule has 0 aliphatic carbocycles. The van der Waals surface area contributed by atoms with Crippen molar-refractivity contribution in [1.82, 2.24) is 4.98 Å². The molecule has 0 radical (unpaired) electrons. The summed E-state index contributed by atoms with van der Waals surface area (Å²) in [6.45, 7) is 0. The van der Waals surface area contributed by atoms with Gasteiger partial charge in [-0.3, -0.25) is 4.98 Å². The standard InChI is InChI=1S/C17H13N3/c18-10-14-11-20-17-13(7-4-8-15(17)16(14)19)9-12-5-2-1-3-6-12/h1-8,11H,9H2,(H2,19,20). The lowest BCUT2D eigenvalue weighted by Crippen LogP contribution is -1.97. The number of fused-ring (bicyclic) bond motifs is 1. The molecular weight excluding hydrogens is 246 g/mol. The molecule has 3 rings (SSSR count). The Morgan fingerprint density at radius 1 is 1.05 bits per heavy atom. The van der Waals surface area contributed by atoms with E-state index < -0.39 is 0 Å². The van der Waals surface area contributed by atoms with E-state index >= 15 is 0 Å². The van der Waals surface area contributed by atoms with Gasteiger partial charge in [0.2, 0.25) is 0 Å². The number of rotatable bonds is 2. The number of nitriles is 1. The topological polar surface area (TPSA) is 62.7 Å². The van der Waals surface area contributed by atoms with Crippen LogP contribution in [0, 0.1) is 11.3 Å². The van der Waals surface area contributed by atoms with Crippen LogP contribution in [0.3, 0.4) is 0 Å². The van der Waals surface area contributed by atoms with E-state index in [0.29, 0.717) is 11.3 Å². The number of nitrogens with two attached hydrogens (primary N) is 1. The second-order valence-corrected chi connectivity index (χ2v) is 4.67. The minimum atomic E-state index is 0.425. The summed E-state index contributed by atoms with van der Waals surface area (Å²) < 4.78 is 0. The minimum absolute atomic E-state index is 0.425. The Balaban J connectivity index is 2.14. The van der Waals surface area contributed by atoms with Crippen molar-refractivity contribution < 1.29 is 0 Å². The summed E-state index contributed by atoms with van der Waals surface area (Å²) in [5, 5.41) is 9.86. The molecule has 20 heavy (non-hydrogen) atoms. The minimum Gasteiger partial charge on any atom is -0.397 e. The van der Waals surface area contributed by atoms with Crippen LogP contribution in [-0.4, -0.2) is 4.98 Å². The molecule has 0 bridgehead atoms. The van der Waals surface area contributed by atoms with Gasteiger partial charge in [0.15, 0.2) is 0 Å². The number of para-hydroxylation sites is 1. The zero-order valence-corrected chi connectivity index (χ0v) is 10.9. The van der Waals surface area contributed by atoms with Crippen LogP contribution < -0.4 is 5.73 Å². The summed E-state index contributed by atoms with van der Waals surface area (Å²) in [5.41, 5.74) is 10.2. The Bertz CT molecular complexity index is 802. The van der Waals surface area contributed by atoms with Crippen LogP contribution in [0.2, 0.25) is 0 Å². The van der Waals surface area contributed by atoms with Crippen molar-refractivity contribution in [3.63, 3.8) is 0 Å². The molecule has 0 saturated carbocycles. The highest BCUT2D eigenvalue weighted by Gasteiger charge is 2.09. The summed E-state index contributed by atoms with van der Waals surface area (Å²) in [4.78, 5) is 4.41. The van der Waals surface area contributed by atoms with Gasteiger partial charge in [0, 0.05) is 11.6 Å². The number of aromatic nitrogens is 1. The normalized spacial score (nSPS) is 10.3. The van der Waals surface area contributed by atoms with E-state index in [0.717, 1.165) is 22.9 Å². The van der Waals surface area contributed by atoms with E-state index in [1.54, 1.807) is 6.20 Å². The fraction of sp³-hybridized carbons (Fsp3) is 0.0588. The van der Waals surface area contributed by atoms with Crippen molar-refractivity contribution in [2.45, 2.75) is 6.42 Å². The average molecular weight is 259 g/mol. The fourth-order valence-corrected chi connectivity index (χ4v) is 2.35. The number of anilines is 1. The molecule has 0 atom stereocenters. The molecule has 1 aromatic heterocycles. The smallest absolute Gasteiger partial charge is 0.103 e. The van der Waals surface area contributed by atoms with Crippen LogP contribution in [0.5, 0.6) is 0 Å². The molecule has 0 fully saturated rings. The molecule has 3 heteroatoms. The molecule has 0 unspecified atom stereocenters. The van der Waals surface area contributed by atoms with Crippen LogP contribution in [-0.2, 0) is 6.42 Å². The molecule has 2 N–H and O–H groups in total. The Morgan fingerprint density at radius 2 is 1.85 bits per heavy atom. The van der Waals surface area contributed by atoms with Crippen LogP contribution in [0.1, 0.15) is 16.7 Å². The van der Waals surface area contributed by atoms with Gasteiger partial charge in [-0.05, 0) is 17.5 Å². The first-order valence-corrected chi connectivity index (χ1v) is 6.39. The average Bonchev–Trinajstić information content (AvgIpc) is 2.49. The molecular formula is C17H13N3. The molecule has 0 spiro atoms. The SMILES string of the molecule is N#Cc1cnc2c(Cc3ccccc3)cccc2c1N. The van der Waals surface area contributed by atoms with Gasteiger partial charge in [0.1, 0.15) is 6.07 Å². The molecule has 0 aliphatic heterocycles. The quantitative estimate of drug-likeness (QED) is 0.768. The molecule has 2 aromatic carbocycles. The summed E-state index contributed by atoms with van der Waals surface area (Å²) >= 11 is 0. The Morgan fingerprint density at radius 3 is 2.60 bits per heavy atom. The first kappa shape index (κ1) is 12.2. The fourth-order valence-electron chi connectivity index (χ4n) is 2.35. The van der Waals surface area contributed by atoms with E-state index in [4.69, 9.17) is 11.0 Å². The molecule has 96 valence electrons. The lowest BCUT2D eigenvalue weighted by atomic mass is 10.0. The second kappa shape index (κ2) is 5.02. The van der Waals surface area contributed by atoms with Gasteiger partial charge in [0.25, 0.3) is 0 Å². The van der Waals surface area contributed by atoms with Gasteiger partial charge in [-0.2, -0.15) is 5.26 Å². The van der Waals surface area contributed by atoms with E-state index in [-0.39, 0.29) is 0 Å². The van der Waals surface area contributed by atoms with Crippen molar-refractivity contribution >= 4 is 16.6 Å². The lowest BCUT2D eigenvalue weighted by Gasteiger charge is -2.08. The van der Waals surface area contributed by atoms with E-state index in [9.17, 15) is 0 Å². The van der Waals surface area contributed by atoms with Gasteiger partial charge < -0.3 is 5.73 Å². The molecule has 3 nitrogen and oxygen atoms in total. The van der Waals surface area contributed by atoms with Crippen molar-refractivity contribution in [3.8, 4) is 6.07 Å². The van der Waals surface area contributed by atoms with Crippen molar-refractivity contribution in [1.29, 1.82) is 5.26 Å². The maximum atomic E-state index is 9.01. The van der Waals surface area contributed by atoms with Gasteiger partial charge >= 0.3 is 0 Å². The van der Waals surface area contributed by atoms with Gasteiger partial charge in [-0.15, -0.1) is 0 Å². The summed E-state index contributed by atoms with van der Waals surface area (Å²) in [6.07, 6.45) is 2.35. The summed E-state index contributed by atoms with van der Waals surface area (Å²) in [6, 6.07) is 18.2. The Kier molecular flexibility index (Phi) is 3.06. The van der Waals surface area contributed by atoms with Gasteiger partial charge in [-0.1, -0.05) is 48.5 Å². The molecule has 1 heterocycles. The number of pyridine rings is 1. The zero-order chi connectivity index (χ0) is 13.9. The summed E-state index contributed by atoms with van der Waals surface area (Å²) in [5.74, 6) is 0. The predicted octanol–water partition coefficient (Wildman–Crippen LogP) is 3.28. The van der Waals surface area contributed by atoms with Crippen molar-refractivity contribution in [2.75, 3.05) is 5.73 Å². The monoisotopic (exact) mass is 259 g/mol. The molecule has 0 saturated heterocycles. The number of nitrogens with zero attached hydrogens (tertiary/aromatic N) is 2. The van der Waals surface area contributed by atoms with E-state index in [1.807, 2.05) is 36.4 Å². The van der Waals surface area contributed by atoms with Crippen molar-refractivity contribution in [3.05, 3.63) is 71.4 Å². The highest BCUT2D eigenvalue weighted by atomic mass is 14.7. The van der Waals surface area contributed by atoms with Crippen molar-refractivity contribution in [2.24, 2.45) is 0 Å². The molecule has 0 amide bonds. The first-order valence-electron chi connectivity index (χ1n) is 6.39. The van der Waals surface area contributed by atoms with E-state index in [1.165, 1.54) is 5.56 Å². The third-order valence-corrected chi connectivity index (χ3v) is 3.38. The number of hydrogen-bond donors (Lipinski definition) is 1. The van der Waals surface area contributed by atoms with Crippen LogP contribution in [0.15, 0.2) is 54.7 Å². The highest BCUT2D eigenvalue weighted by Crippen LogP contribution is 2.26. The zero-order valence-electron chi connectivity index (χ0n) is 10.9. The first-order chi connectivity index (χ1) is 9.79. The van der Waals surface area contributed by atoms with Crippen LogP contribution in [0.25, 0.3) is 10.9 Å². The third kappa shape index (κ3) is 2.08. The third-order valence-electron chi connectivity index (χ3n) is 3.38. The maximum Gasteiger partial charge on any atom is 0.103 e. The summed E-state index contributed by atoms with van der Waals surface area (Å²) in [7, 11) is 0. The largest absolute Gasteiger partial charge is 0.397 e. The molecule has 3 aromatic rings. The number of hydrogen-bond acceptors (Lipinski definition) is 3. The lowest BCUT2D eigenvalue weighted by molar-refractivity contribution is 1.19. The Hall–Kier alpha value is -2.86. The number of nitrogen functional groups attached to an aromatic ring is 1. The van der Waals surface area contributed by atoms with Gasteiger partial charge in [-0.25, -0.2) is 0 Å². The predicted molar refractivity (Wildman–Crippen MR) is 80.1 cm³/mol.